The highest BCUT2D eigenvalue weighted by Gasteiger charge is 2.54. The quantitative estimate of drug-likeness (QED) is 0.419. The maximum Gasteiger partial charge on any atom is 0.407 e. The molecule has 0 spiro atoms. The van der Waals surface area contributed by atoms with Crippen molar-refractivity contribution in [2.75, 3.05) is 26.4 Å². The van der Waals surface area contributed by atoms with Crippen LogP contribution in [0.3, 0.4) is 0 Å². The topological polar surface area (TPSA) is 114 Å². The number of hydrogen-bond acceptors (Lipinski definition) is 5. The van der Waals surface area contributed by atoms with Crippen molar-refractivity contribution in [1.29, 1.82) is 0 Å². The lowest BCUT2D eigenvalue weighted by atomic mass is 9.98. The predicted molar refractivity (Wildman–Crippen MR) is 121 cm³/mol. The van der Waals surface area contributed by atoms with Crippen LogP contribution < -0.4 is 10.6 Å². The number of rotatable bonds is 11. The van der Waals surface area contributed by atoms with Crippen LogP contribution >= 0.6 is 0 Å². The second kappa shape index (κ2) is 10.4. The third kappa shape index (κ3) is 5.59. The zero-order valence-electron chi connectivity index (χ0n) is 18.8. The third-order valence-electron chi connectivity index (χ3n) is 6.16. The van der Waals surface area contributed by atoms with Gasteiger partial charge in [0.15, 0.2) is 0 Å². The molecule has 0 aromatic heterocycles. The summed E-state index contributed by atoms with van der Waals surface area (Å²) in [6.07, 6.45) is -0.0984. The average Bonchev–Trinajstić information content (AvgIpc) is 3.63. The molecule has 0 bridgehead atoms. The van der Waals surface area contributed by atoms with Gasteiger partial charge in [0.2, 0.25) is 0 Å². The number of amides is 2. The van der Waals surface area contributed by atoms with Gasteiger partial charge >= 0.3 is 18.0 Å². The maximum atomic E-state index is 14.9. The van der Waals surface area contributed by atoms with Crippen molar-refractivity contribution in [1.82, 2.24) is 10.6 Å². The molecule has 3 N–H and O–H groups in total. The molecule has 0 saturated heterocycles. The van der Waals surface area contributed by atoms with Gasteiger partial charge in [-0.05, 0) is 41.0 Å². The summed E-state index contributed by atoms with van der Waals surface area (Å²) in [5.74, 6) is -7.41. The fraction of sp³-hybridized carbons (Fsp3) is 0.400. The standard InChI is InChI=1S/C25H26F2N2O6/c26-25(27,23(32)28-11-12-34-14-21(30)31)22(15-9-10-15)29-24(33)35-13-20-18-7-3-1-5-16(18)17-6-2-4-8-19(17)20/h1-8,15,20,22H,9-14H2,(H,28,32)(H,29,33)(H,30,31). The monoisotopic (exact) mass is 488 g/mol. The van der Waals surface area contributed by atoms with Gasteiger partial charge in [-0.15, -0.1) is 0 Å². The summed E-state index contributed by atoms with van der Waals surface area (Å²) in [5.41, 5.74) is 4.08. The third-order valence-corrected chi connectivity index (χ3v) is 6.16. The lowest BCUT2D eigenvalue weighted by molar-refractivity contribution is -0.151. The number of aliphatic carboxylic acids is 1. The summed E-state index contributed by atoms with van der Waals surface area (Å²) < 4.78 is 39.9. The van der Waals surface area contributed by atoms with Crippen LogP contribution in [0.15, 0.2) is 48.5 Å². The van der Waals surface area contributed by atoms with Gasteiger partial charge in [-0.3, -0.25) is 4.79 Å². The number of nitrogens with one attached hydrogen (secondary N) is 2. The number of carboxylic acid groups (broad SMARTS) is 1. The molecule has 2 aromatic carbocycles. The second-order valence-corrected chi connectivity index (χ2v) is 8.61. The van der Waals surface area contributed by atoms with E-state index < -0.39 is 42.5 Å². The number of carboxylic acids is 1. The molecule has 2 aliphatic rings. The number of hydrogen-bond donors (Lipinski definition) is 3. The molecule has 1 fully saturated rings. The zero-order chi connectivity index (χ0) is 25.0. The number of carbonyl (C=O) groups is 3. The van der Waals surface area contributed by atoms with E-state index in [-0.39, 0.29) is 25.7 Å². The molecule has 2 aliphatic carbocycles. The van der Waals surface area contributed by atoms with Crippen LogP contribution in [-0.2, 0) is 19.1 Å². The summed E-state index contributed by atoms with van der Waals surface area (Å²) in [5, 5.41) is 12.7. The molecule has 10 heteroatoms. The molecule has 2 amide bonds. The van der Waals surface area contributed by atoms with E-state index in [1.807, 2.05) is 53.8 Å². The van der Waals surface area contributed by atoms with Crippen molar-refractivity contribution in [3.8, 4) is 11.1 Å². The normalized spacial score (nSPS) is 15.6. The summed E-state index contributed by atoms with van der Waals surface area (Å²) >= 11 is 0. The predicted octanol–water partition coefficient (Wildman–Crippen LogP) is 3.16. The highest BCUT2D eigenvalue weighted by molar-refractivity contribution is 5.85. The Hall–Kier alpha value is -3.53. The zero-order valence-corrected chi connectivity index (χ0v) is 18.8. The molecule has 1 saturated carbocycles. The minimum absolute atomic E-state index is 0.0318. The minimum atomic E-state index is -3.88. The second-order valence-electron chi connectivity index (χ2n) is 8.61. The van der Waals surface area contributed by atoms with Gasteiger partial charge in [-0.25, -0.2) is 9.59 Å². The van der Waals surface area contributed by atoms with Crippen LogP contribution in [0.25, 0.3) is 11.1 Å². The van der Waals surface area contributed by atoms with Gasteiger partial charge in [0.1, 0.15) is 19.3 Å². The first kappa shape index (κ1) is 24.6. The van der Waals surface area contributed by atoms with Gasteiger partial charge in [0, 0.05) is 12.5 Å². The van der Waals surface area contributed by atoms with Gasteiger partial charge in [-0.2, -0.15) is 8.78 Å². The lowest BCUT2D eigenvalue weighted by Crippen LogP contribution is -2.57. The Labute approximate surface area is 200 Å². The van der Waals surface area contributed by atoms with Crippen LogP contribution in [-0.4, -0.2) is 61.4 Å². The molecular weight excluding hydrogens is 462 g/mol. The summed E-state index contributed by atoms with van der Waals surface area (Å²) in [7, 11) is 0. The molecular formula is C25H26F2N2O6. The van der Waals surface area contributed by atoms with Crippen LogP contribution in [0.5, 0.6) is 0 Å². The van der Waals surface area contributed by atoms with E-state index in [1.54, 1.807) is 0 Å². The van der Waals surface area contributed by atoms with Crippen molar-refractivity contribution >= 4 is 18.0 Å². The minimum Gasteiger partial charge on any atom is -0.480 e. The first-order chi connectivity index (χ1) is 16.8. The molecule has 186 valence electrons. The first-order valence-electron chi connectivity index (χ1n) is 11.4. The van der Waals surface area contributed by atoms with E-state index in [1.165, 1.54) is 0 Å². The molecule has 0 heterocycles. The Morgan fingerprint density at radius 1 is 1.03 bits per heavy atom. The van der Waals surface area contributed by atoms with E-state index in [0.29, 0.717) is 12.8 Å². The van der Waals surface area contributed by atoms with Gasteiger partial charge in [0.25, 0.3) is 5.91 Å². The number of carbonyl (C=O) groups excluding carboxylic acids is 2. The summed E-state index contributed by atoms with van der Waals surface area (Å²) in [4.78, 5) is 35.1. The van der Waals surface area contributed by atoms with Crippen LogP contribution in [0.2, 0.25) is 0 Å². The maximum absolute atomic E-state index is 14.9. The van der Waals surface area contributed by atoms with E-state index in [0.717, 1.165) is 22.3 Å². The van der Waals surface area contributed by atoms with Crippen LogP contribution in [0.1, 0.15) is 29.9 Å². The average molecular weight is 488 g/mol. The lowest BCUT2D eigenvalue weighted by Gasteiger charge is -2.27. The van der Waals surface area contributed by atoms with E-state index in [9.17, 15) is 23.2 Å². The fourth-order valence-corrected chi connectivity index (χ4v) is 4.36. The van der Waals surface area contributed by atoms with Gasteiger partial charge in [-0.1, -0.05) is 48.5 Å². The van der Waals surface area contributed by atoms with Crippen molar-refractivity contribution in [3.05, 3.63) is 59.7 Å². The molecule has 35 heavy (non-hydrogen) atoms. The molecule has 0 aliphatic heterocycles. The van der Waals surface area contributed by atoms with Crippen LogP contribution in [0.4, 0.5) is 13.6 Å². The Morgan fingerprint density at radius 2 is 1.63 bits per heavy atom. The van der Waals surface area contributed by atoms with Crippen molar-refractivity contribution < 1.29 is 37.7 Å². The molecule has 4 rings (SSSR count). The highest BCUT2D eigenvalue weighted by atomic mass is 19.3. The number of ether oxygens (including phenoxy) is 2. The SMILES string of the molecule is O=C(O)COCCNC(=O)C(F)(F)C(NC(=O)OCC1c2ccccc2-c2ccccc21)C1CC1. The Kier molecular flexibility index (Phi) is 7.30. The van der Waals surface area contributed by atoms with Crippen molar-refractivity contribution in [3.63, 3.8) is 0 Å². The van der Waals surface area contributed by atoms with Crippen molar-refractivity contribution in [2.45, 2.75) is 30.7 Å². The molecule has 1 unspecified atom stereocenters. The summed E-state index contributed by atoms with van der Waals surface area (Å²) in [6.45, 7) is -1.15. The number of halogens is 2. The molecule has 2 aromatic rings. The number of benzene rings is 2. The van der Waals surface area contributed by atoms with Gasteiger partial charge < -0.3 is 25.2 Å². The Balaban J connectivity index is 1.35. The van der Waals surface area contributed by atoms with Gasteiger partial charge in [0.05, 0.1) is 6.61 Å². The Morgan fingerprint density at radius 3 is 2.20 bits per heavy atom. The molecule has 8 nitrogen and oxygen atoms in total. The Bertz CT molecular complexity index is 1060. The van der Waals surface area contributed by atoms with Crippen molar-refractivity contribution in [2.24, 2.45) is 5.92 Å². The van der Waals surface area contributed by atoms with E-state index >= 15 is 0 Å². The number of alkyl halides is 2. The molecule has 1 atom stereocenters. The summed E-state index contributed by atoms with van der Waals surface area (Å²) in [6, 6.07) is 13.8. The van der Waals surface area contributed by atoms with E-state index in [2.05, 4.69) is 5.32 Å². The van der Waals surface area contributed by atoms with Crippen LogP contribution in [0, 0.1) is 5.92 Å². The first-order valence-corrected chi connectivity index (χ1v) is 11.4. The number of fused-ring (bicyclic) bond motifs is 3. The fourth-order valence-electron chi connectivity index (χ4n) is 4.36. The molecule has 0 radical (unpaired) electrons. The highest BCUT2D eigenvalue weighted by Crippen LogP contribution is 2.44. The van der Waals surface area contributed by atoms with E-state index in [4.69, 9.17) is 14.6 Å². The largest absolute Gasteiger partial charge is 0.480 e. The smallest absolute Gasteiger partial charge is 0.407 e. The number of alkyl carbamates (subject to hydrolysis) is 1.